The van der Waals surface area contributed by atoms with Gasteiger partial charge in [0.25, 0.3) is 0 Å². The Morgan fingerprint density at radius 3 is 0.794 bits per heavy atom. The van der Waals surface area contributed by atoms with E-state index in [0.29, 0.717) is 25.7 Å². The maximum Gasteiger partial charge on any atom is 0.472 e. The molecular weight excluding hydrogens is 1330 g/mol. The Kier molecular flexibility index (Phi) is 70.5. The average molecular weight is 1470 g/mol. The van der Waals surface area contributed by atoms with Gasteiger partial charge in [0.2, 0.25) is 0 Å². The average Bonchev–Trinajstić information content (AvgIpc) is 0.923. The van der Waals surface area contributed by atoms with Crippen molar-refractivity contribution >= 4 is 39.5 Å². The van der Waals surface area contributed by atoms with Gasteiger partial charge < -0.3 is 33.8 Å². The van der Waals surface area contributed by atoms with Crippen LogP contribution >= 0.6 is 15.6 Å². The van der Waals surface area contributed by atoms with Crippen LogP contribution < -0.4 is 0 Å². The van der Waals surface area contributed by atoms with Gasteiger partial charge in [0, 0.05) is 25.7 Å². The quantitative estimate of drug-likeness (QED) is 0.0169. The number of carbonyl (C=O) groups excluding carboxylic acids is 4. The summed E-state index contributed by atoms with van der Waals surface area (Å²) in [5.74, 6) is -2.25. The molecule has 5 atom stereocenters. The summed E-state index contributed by atoms with van der Waals surface area (Å²) >= 11 is 0. The minimum absolute atomic E-state index is 0.0734. The number of phosphoric ester groups is 2. The van der Waals surface area contributed by atoms with E-state index in [2.05, 4.69) is 174 Å². The molecule has 0 saturated heterocycles. The Balaban J connectivity index is 5.39. The first-order chi connectivity index (χ1) is 49.7. The summed E-state index contributed by atoms with van der Waals surface area (Å²) in [6.07, 6.45) is 84.0. The lowest BCUT2D eigenvalue weighted by atomic mass is 10.1. The first-order valence-electron chi connectivity index (χ1n) is 39.1. The van der Waals surface area contributed by atoms with Crippen LogP contribution in [0.25, 0.3) is 0 Å². The van der Waals surface area contributed by atoms with Crippen molar-refractivity contribution in [2.24, 2.45) is 0 Å². The number of hydrogen-bond acceptors (Lipinski definition) is 15. The van der Waals surface area contributed by atoms with E-state index in [1.54, 1.807) is 0 Å². The van der Waals surface area contributed by atoms with Crippen LogP contribution in [0.4, 0.5) is 0 Å². The minimum atomic E-state index is -4.99. The van der Waals surface area contributed by atoms with Crippen molar-refractivity contribution in [2.75, 3.05) is 39.6 Å². The molecule has 5 unspecified atom stereocenters. The number of carbonyl (C=O) groups is 4. The summed E-state index contributed by atoms with van der Waals surface area (Å²) < 4.78 is 68.5. The fourth-order valence-corrected chi connectivity index (χ4v) is 11.5. The molecule has 3 N–H and O–H groups in total. The van der Waals surface area contributed by atoms with Crippen LogP contribution in [0.2, 0.25) is 0 Å². The van der Waals surface area contributed by atoms with Gasteiger partial charge in [-0.3, -0.25) is 37.3 Å². The van der Waals surface area contributed by atoms with Gasteiger partial charge in [-0.2, -0.15) is 0 Å². The molecule has 0 bridgehead atoms. The third-order valence-electron chi connectivity index (χ3n) is 15.8. The standard InChI is InChI=1S/C83H138O17P2/c1-5-9-13-17-21-25-29-32-35-38-41-44-48-51-55-59-63-67-80(85)93-73-78(99-82(87)69-65-61-57-53-47-28-24-20-16-12-8-4)75-97-101(89,90)95-71-77(84)72-96-102(91,92)98-76-79(100-83(88)70-66-62-58-54-50-46-43-40-37-34-31-27-23-19-15-11-7-3)74-94-81(86)68-64-60-56-52-49-45-42-39-36-33-30-26-22-18-14-10-6-2/h9-11,13-15,20-27,32-37,41-42,44-45,77-79,84H,5-8,12,16-19,28-31,38-40,43,46-76H2,1-4H3,(H,89,90)(H,91,92)/b13-9-,14-10-,15-11-,24-20-,25-21-,26-22-,27-23-,35-32-,36-33-,37-34-,44-41-,45-42-. The Labute approximate surface area is 617 Å². The zero-order valence-corrected chi connectivity index (χ0v) is 65.3. The second-order valence-corrected chi connectivity index (χ2v) is 28.4. The fourth-order valence-electron chi connectivity index (χ4n) is 9.90. The van der Waals surface area contributed by atoms with Crippen LogP contribution in [0, 0.1) is 0 Å². The summed E-state index contributed by atoms with van der Waals surface area (Å²) in [5.41, 5.74) is 0. The van der Waals surface area contributed by atoms with Gasteiger partial charge in [-0.05, 0) is 154 Å². The Morgan fingerprint density at radius 1 is 0.284 bits per heavy atom. The second kappa shape index (κ2) is 74.2. The second-order valence-electron chi connectivity index (χ2n) is 25.5. The van der Waals surface area contributed by atoms with Crippen molar-refractivity contribution in [3.63, 3.8) is 0 Å². The Bertz CT molecular complexity index is 2510. The molecule has 582 valence electrons. The summed E-state index contributed by atoms with van der Waals surface area (Å²) in [6, 6.07) is 0. The highest BCUT2D eigenvalue weighted by Gasteiger charge is 2.30. The van der Waals surface area contributed by atoms with Gasteiger partial charge in [-0.1, -0.05) is 263 Å². The number of aliphatic hydroxyl groups is 1. The number of unbranched alkanes of at least 4 members (excludes halogenated alkanes) is 22. The molecule has 17 nitrogen and oxygen atoms in total. The summed E-state index contributed by atoms with van der Waals surface area (Å²) in [4.78, 5) is 72.9. The highest BCUT2D eigenvalue weighted by atomic mass is 31.2. The third-order valence-corrected chi connectivity index (χ3v) is 17.7. The number of rotatable bonds is 72. The first kappa shape index (κ1) is 96.9. The highest BCUT2D eigenvalue weighted by Crippen LogP contribution is 2.45. The molecule has 0 aliphatic rings. The molecule has 0 rings (SSSR count). The van der Waals surface area contributed by atoms with Crippen LogP contribution in [-0.4, -0.2) is 96.7 Å². The molecular formula is C83H138O17P2. The molecule has 0 fully saturated rings. The first-order valence-corrected chi connectivity index (χ1v) is 42.1. The number of allylic oxidation sites excluding steroid dienone is 24. The van der Waals surface area contributed by atoms with Crippen molar-refractivity contribution in [1.82, 2.24) is 0 Å². The van der Waals surface area contributed by atoms with E-state index < -0.39 is 97.5 Å². The third kappa shape index (κ3) is 73.3. The van der Waals surface area contributed by atoms with E-state index in [1.807, 2.05) is 0 Å². The van der Waals surface area contributed by atoms with E-state index >= 15 is 0 Å². The molecule has 0 aromatic carbocycles. The highest BCUT2D eigenvalue weighted by molar-refractivity contribution is 7.47. The van der Waals surface area contributed by atoms with E-state index in [9.17, 15) is 43.2 Å². The largest absolute Gasteiger partial charge is 0.472 e. The summed E-state index contributed by atoms with van der Waals surface area (Å²) in [6.45, 7) is 4.42. The number of esters is 4. The van der Waals surface area contributed by atoms with Crippen molar-refractivity contribution < 1.29 is 80.2 Å². The van der Waals surface area contributed by atoms with Crippen LogP contribution in [0.5, 0.6) is 0 Å². The van der Waals surface area contributed by atoms with Crippen molar-refractivity contribution in [3.05, 3.63) is 146 Å². The molecule has 0 aromatic heterocycles. The topological polar surface area (TPSA) is 237 Å². The number of hydrogen-bond donors (Lipinski definition) is 3. The van der Waals surface area contributed by atoms with Crippen molar-refractivity contribution in [3.8, 4) is 0 Å². The van der Waals surface area contributed by atoms with Crippen LogP contribution in [0.15, 0.2) is 146 Å². The van der Waals surface area contributed by atoms with Gasteiger partial charge in [-0.15, -0.1) is 0 Å². The molecule has 0 aromatic rings. The number of ether oxygens (including phenoxy) is 4. The van der Waals surface area contributed by atoms with E-state index in [1.165, 1.54) is 12.8 Å². The van der Waals surface area contributed by atoms with E-state index in [0.717, 1.165) is 205 Å². The lowest BCUT2D eigenvalue weighted by Crippen LogP contribution is -2.30. The normalized spacial score (nSPS) is 14.7. The minimum Gasteiger partial charge on any atom is -0.462 e. The Hall–Kier alpha value is -5.06. The Morgan fingerprint density at radius 2 is 0.510 bits per heavy atom. The molecule has 0 saturated carbocycles. The lowest BCUT2D eigenvalue weighted by Gasteiger charge is -2.21. The van der Waals surface area contributed by atoms with E-state index in [-0.39, 0.29) is 25.7 Å². The van der Waals surface area contributed by atoms with Gasteiger partial charge >= 0.3 is 39.5 Å². The zero-order valence-electron chi connectivity index (χ0n) is 63.5. The van der Waals surface area contributed by atoms with Gasteiger partial charge in [0.15, 0.2) is 12.2 Å². The zero-order chi connectivity index (χ0) is 74.6. The maximum atomic E-state index is 13.1. The molecule has 0 radical (unpaired) electrons. The van der Waals surface area contributed by atoms with Crippen LogP contribution in [-0.2, 0) is 65.4 Å². The lowest BCUT2D eigenvalue weighted by molar-refractivity contribution is -0.161. The van der Waals surface area contributed by atoms with E-state index in [4.69, 9.17) is 37.0 Å². The number of aliphatic hydroxyl groups excluding tert-OH is 1. The predicted molar refractivity (Wildman–Crippen MR) is 417 cm³/mol. The number of phosphoric acid groups is 2. The van der Waals surface area contributed by atoms with Gasteiger partial charge in [0.05, 0.1) is 26.4 Å². The molecule has 0 heterocycles. The molecule has 19 heteroatoms. The molecule has 0 amide bonds. The van der Waals surface area contributed by atoms with Crippen molar-refractivity contribution in [2.45, 2.75) is 316 Å². The van der Waals surface area contributed by atoms with Crippen LogP contribution in [0.3, 0.4) is 0 Å². The maximum absolute atomic E-state index is 13.1. The summed E-state index contributed by atoms with van der Waals surface area (Å²) in [5, 5.41) is 10.6. The smallest absolute Gasteiger partial charge is 0.462 e. The molecule has 0 spiro atoms. The van der Waals surface area contributed by atoms with Gasteiger partial charge in [-0.25, -0.2) is 9.13 Å². The SMILES string of the molecule is CC/C=C\C/C=C\C/C=C\C/C=C\CCCCCCC(=O)OCC(COP(=O)(O)OCC(O)COP(=O)(O)OCC(COC(=O)CCCCCC/C=C\C/C=C\C/C=C\C/C=C\CC)OC(=O)CCCCCCCCC/C=C\C/C=C\C/C=C\CC)OC(=O)CCCCCCC/C=C\CCCC. The van der Waals surface area contributed by atoms with Crippen molar-refractivity contribution in [1.29, 1.82) is 0 Å². The molecule has 0 aliphatic carbocycles. The molecule has 102 heavy (non-hydrogen) atoms. The monoisotopic (exact) mass is 1470 g/mol. The van der Waals surface area contributed by atoms with Crippen LogP contribution in [0.1, 0.15) is 297 Å². The fraction of sp³-hybridized carbons (Fsp3) is 0.663. The molecule has 0 aliphatic heterocycles. The predicted octanol–water partition coefficient (Wildman–Crippen LogP) is 22.7. The van der Waals surface area contributed by atoms with Gasteiger partial charge in [0.1, 0.15) is 19.3 Å². The summed E-state index contributed by atoms with van der Waals surface area (Å²) in [7, 11) is -9.98.